The molecule has 18 heavy (non-hydrogen) atoms. The Morgan fingerprint density at radius 2 is 1.94 bits per heavy atom. The fraction of sp³-hybridized carbons (Fsp3) is 0.308. The molecule has 2 nitrogen and oxygen atoms in total. The highest BCUT2D eigenvalue weighted by Gasteiger charge is 2.21. The number of hydrogen-bond acceptors (Lipinski definition) is 3. The minimum atomic E-state index is -0.852. The van der Waals surface area contributed by atoms with Crippen molar-refractivity contribution < 1.29 is 8.78 Å². The van der Waals surface area contributed by atoms with Gasteiger partial charge in [-0.1, -0.05) is 13.0 Å². The van der Waals surface area contributed by atoms with E-state index in [-0.39, 0.29) is 5.56 Å². The lowest BCUT2D eigenvalue weighted by molar-refractivity contribution is 0.542. The van der Waals surface area contributed by atoms with E-state index in [1.54, 1.807) is 0 Å². The fourth-order valence-corrected chi connectivity index (χ4v) is 2.86. The Hall–Kier alpha value is -1.33. The smallest absolute Gasteiger partial charge is 0.131 e. The van der Waals surface area contributed by atoms with Crippen LogP contribution in [0.1, 0.15) is 34.1 Å². The molecule has 1 atom stereocenters. The maximum absolute atomic E-state index is 13.6. The number of aryl methyl sites for hydroxylation is 2. The molecular formula is C13H14F2N2S. The minimum absolute atomic E-state index is 0.117. The quantitative estimate of drug-likeness (QED) is 0.927. The van der Waals surface area contributed by atoms with Gasteiger partial charge in [-0.2, -0.15) is 0 Å². The van der Waals surface area contributed by atoms with Gasteiger partial charge in [-0.15, -0.1) is 11.3 Å². The van der Waals surface area contributed by atoms with Gasteiger partial charge in [-0.05, 0) is 25.5 Å². The number of nitrogens with zero attached hydrogens (tertiary/aromatic N) is 1. The number of thiazole rings is 1. The Labute approximate surface area is 108 Å². The van der Waals surface area contributed by atoms with E-state index < -0.39 is 17.7 Å². The van der Waals surface area contributed by atoms with Gasteiger partial charge >= 0.3 is 0 Å². The van der Waals surface area contributed by atoms with Crippen LogP contribution in [0.4, 0.5) is 8.78 Å². The molecule has 0 amide bonds. The molecule has 96 valence electrons. The molecule has 0 bridgehead atoms. The van der Waals surface area contributed by atoms with Crippen molar-refractivity contribution in [1.29, 1.82) is 0 Å². The van der Waals surface area contributed by atoms with Crippen LogP contribution in [0.25, 0.3) is 0 Å². The third-order valence-corrected chi connectivity index (χ3v) is 3.92. The maximum Gasteiger partial charge on any atom is 0.131 e. The van der Waals surface area contributed by atoms with Gasteiger partial charge < -0.3 is 5.73 Å². The second-order valence-electron chi connectivity index (χ2n) is 4.02. The average molecular weight is 268 g/mol. The summed E-state index contributed by atoms with van der Waals surface area (Å²) in [4.78, 5) is 5.39. The first-order chi connectivity index (χ1) is 8.54. The van der Waals surface area contributed by atoms with E-state index >= 15 is 0 Å². The number of halogens is 2. The Morgan fingerprint density at radius 3 is 2.44 bits per heavy atom. The maximum atomic E-state index is 13.6. The van der Waals surface area contributed by atoms with Gasteiger partial charge in [0.05, 0.1) is 11.7 Å². The van der Waals surface area contributed by atoms with Crippen molar-refractivity contribution in [2.75, 3.05) is 0 Å². The first kappa shape index (κ1) is 13.1. The van der Waals surface area contributed by atoms with E-state index in [1.165, 1.54) is 29.5 Å². The van der Waals surface area contributed by atoms with E-state index in [2.05, 4.69) is 4.98 Å². The van der Waals surface area contributed by atoms with Crippen LogP contribution in [0, 0.1) is 18.6 Å². The molecule has 0 aliphatic carbocycles. The van der Waals surface area contributed by atoms with E-state index in [0.29, 0.717) is 5.01 Å². The molecule has 2 rings (SSSR count). The fourth-order valence-electron chi connectivity index (χ4n) is 1.84. The lowest BCUT2D eigenvalue weighted by Crippen LogP contribution is -2.15. The van der Waals surface area contributed by atoms with E-state index in [4.69, 9.17) is 5.73 Å². The number of rotatable bonds is 3. The molecule has 0 aliphatic rings. The molecule has 1 unspecified atom stereocenters. The van der Waals surface area contributed by atoms with E-state index in [9.17, 15) is 8.78 Å². The minimum Gasteiger partial charge on any atom is -0.318 e. The molecule has 0 saturated carbocycles. The average Bonchev–Trinajstić information content (AvgIpc) is 2.70. The zero-order valence-corrected chi connectivity index (χ0v) is 11.0. The molecule has 0 aliphatic heterocycles. The van der Waals surface area contributed by atoms with Crippen LogP contribution in [0.15, 0.2) is 18.2 Å². The highest BCUT2D eigenvalue weighted by atomic mass is 32.1. The van der Waals surface area contributed by atoms with Crippen LogP contribution < -0.4 is 5.73 Å². The van der Waals surface area contributed by atoms with Crippen molar-refractivity contribution in [1.82, 2.24) is 4.98 Å². The highest BCUT2D eigenvalue weighted by molar-refractivity contribution is 7.11. The van der Waals surface area contributed by atoms with Gasteiger partial charge in [0, 0.05) is 10.4 Å². The van der Waals surface area contributed by atoms with Crippen molar-refractivity contribution in [2.24, 2.45) is 5.73 Å². The molecule has 1 aromatic heterocycles. The Bertz CT molecular complexity index is 546. The third kappa shape index (κ3) is 2.28. The molecule has 0 fully saturated rings. The van der Waals surface area contributed by atoms with Crippen LogP contribution in [0.3, 0.4) is 0 Å². The summed E-state index contributed by atoms with van der Waals surface area (Å²) in [6, 6.07) is 2.89. The van der Waals surface area contributed by atoms with Crippen molar-refractivity contribution in [3.8, 4) is 0 Å². The SMILES string of the molecule is CCc1nc(C(N)c2c(F)cccc2F)sc1C. The molecule has 2 N–H and O–H groups in total. The summed E-state index contributed by atoms with van der Waals surface area (Å²) >= 11 is 1.39. The molecule has 2 aromatic rings. The van der Waals surface area contributed by atoms with Gasteiger partial charge in [-0.3, -0.25) is 0 Å². The summed E-state index contributed by atoms with van der Waals surface area (Å²) in [5, 5.41) is 0.549. The zero-order chi connectivity index (χ0) is 13.3. The summed E-state index contributed by atoms with van der Waals surface area (Å²) in [5.74, 6) is -1.26. The van der Waals surface area contributed by atoms with Crippen LogP contribution in [-0.2, 0) is 6.42 Å². The summed E-state index contributed by atoms with van der Waals surface area (Å²) in [6.07, 6.45) is 0.787. The van der Waals surface area contributed by atoms with Crippen LogP contribution in [0.2, 0.25) is 0 Å². The monoisotopic (exact) mass is 268 g/mol. The van der Waals surface area contributed by atoms with Gasteiger partial charge in [0.15, 0.2) is 0 Å². The van der Waals surface area contributed by atoms with Crippen molar-refractivity contribution in [2.45, 2.75) is 26.3 Å². The lowest BCUT2D eigenvalue weighted by Gasteiger charge is -2.10. The predicted molar refractivity (Wildman–Crippen MR) is 68.6 cm³/mol. The normalized spacial score (nSPS) is 12.7. The van der Waals surface area contributed by atoms with Crippen LogP contribution in [0.5, 0.6) is 0 Å². The molecule has 1 aromatic carbocycles. The van der Waals surface area contributed by atoms with Crippen LogP contribution >= 0.6 is 11.3 Å². The standard InChI is InChI=1S/C13H14F2N2S/c1-3-10-7(2)18-13(17-10)12(16)11-8(14)5-4-6-9(11)15/h4-6,12H,3,16H2,1-2H3. The van der Waals surface area contributed by atoms with Gasteiger partial charge in [0.25, 0.3) is 0 Å². The summed E-state index contributed by atoms with van der Waals surface area (Å²) < 4.78 is 27.3. The summed E-state index contributed by atoms with van der Waals surface area (Å²) in [6.45, 7) is 3.92. The zero-order valence-electron chi connectivity index (χ0n) is 10.2. The van der Waals surface area contributed by atoms with Crippen molar-refractivity contribution in [3.63, 3.8) is 0 Å². The van der Waals surface area contributed by atoms with Gasteiger partial charge in [-0.25, -0.2) is 13.8 Å². The Morgan fingerprint density at radius 1 is 1.33 bits per heavy atom. The second kappa shape index (κ2) is 5.12. The van der Waals surface area contributed by atoms with Gasteiger partial charge in [0.2, 0.25) is 0 Å². The van der Waals surface area contributed by atoms with E-state index in [1.807, 2.05) is 13.8 Å². The van der Waals surface area contributed by atoms with Gasteiger partial charge in [0.1, 0.15) is 16.6 Å². The molecule has 0 radical (unpaired) electrons. The second-order valence-corrected chi connectivity index (χ2v) is 5.26. The number of nitrogens with two attached hydrogens (primary N) is 1. The van der Waals surface area contributed by atoms with Crippen LogP contribution in [-0.4, -0.2) is 4.98 Å². The Kier molecular flexibility index (Phi) is 3.73. The largest absolute Gasteiger partial charge is 0.318 e. The lowest BCUT2D eigenvalue weighted by atomic mass is 10.1. The van der Waals surface area contributed by atoms with Crippen molar-refractivity contribution in [3.05, 3.63) is 51.0 Å². The summed E-state index contributed by atoms with van der Waals surface area (Å²) in [7, 11) is 0. The number of aromatic nitrogens is 1. The first-order valence-corrected chi connectivity index (χ1v) is 6.52. The third-order valence-electron chi connectivity index (χ3n) is 2.82. The first-order valence-electron chi connectivity index (χ1n) is 5.70. The van der Waals surface area contributed by atoms with Crippen molar-refractivity contribution >= 4 is 11.3 Å². The van der Waals surface area contributed by atoms with E-state index in [0.717, 1.165) is 17.0 Å². The number of hydrogen-bond donors (Lipinski definition) is 1. The summed E-state index contributed by atoms with van der Waals surface area (Å²) in [5.41, 5.74) is 6.74. The predicted octanol–water partition coefficient (Wildman–Crippen LogP) is 3.34. The number of benzene rings is 1. The molecule has 5 heteroatoms. The topological polar surface area (TPSA) is 38.9 Å². The molecule has 0 saturated heterocycles. The molecular weight excluding hydrogens is 254 g/mol. The molecule has 0 spiro atoms. The Balaban J connectivity index is 2.44. The highest BCUT2D eigenvalue weighted by Crippen LogP contribution is 2.29. The molecule has 1 heterocycles.